The summed E-state index contributed by atoms with van der Waals surface area (Å²) in [5.74, 6) is 0.645. The second-order valence-corrected chi connectivity index (χ2v) is 6.47. The van der Waals surface area contributed by atoms with E-state index in [1.54, 1.807) is 31.4 Å². The molecule has 26 heavy (non-hydrogen) atoms. The third-order valence-corrected chi connectivity index (χ3v) is 4.60. The standard InChI is InChI=1S/C21H24N2O3/c1-26-19-8-4-3-7-17(19)15-20(24)22-18-11-9-16(10-12-18)21(25)23-13-5-2-6-14-23/h3-4,7-12H,2,5-6,13-15H2,1H3,(H,22,24). The molecule has 0 radical (unpaired) electrons. The Kier molecular flexibility index (Phi) is 5.89. The molecule has 5 heteroatoms. The first-order valence-electron chi connectivity index (χ1n) is 8.98. The molecule has 0 atom stereocenters. The van der Waals surface area contributed by atoms with E-state index in [9.17, 15) is 9.59 Å². The van der Waals surface area contributed by atoms with Gasteiger partial charge in [0.15, 0.2) is 0 Å². The van der Waals surface area contributed by atoms with Crippen molar-refractivity contribution in [1.82, 2.24) is 4.90 Å². The zero-order chi connectivity index (χ0) is 18.4. The van der Waals surface area contributed by atoms with E-state index < -0.39 is 0 Å². The zero-order valence-electron chi connectivity index (χ0n) is 15.0. The van der Waals surface area contributed by atoms with Crippen molar-refractivity contribution in [1.29, 1.82) is 0 Å². The zero-order valence-corrected chi connectivity index (χ0v) is 15.0. The van der Waals surface area contributed by atoms with Crippen LogP contribution in [0.15, 0.2) is 48.5 Å². The van der Waals surface area contributed by atoms with Crippen LogP contribution in [0.1, 0.15) is 35.2 Å². The Balaban J connectivity index is 1.60. The molecule has 0 bridgehead atoms. The number of nitrogens with zero attached hydrogens (tertiary/aromatic N) is 1. The van der Waals surface area contributed by atoms with E-state index in [0.717, 1.165) is 31.5 Å². The summed E-state index contributed by atoms with van der Waals surface area (Å²) in [6.45, 7) is 1.66. The maximum Gasteiger partial charge on any atom is 0.253 e. The minimum Gasteiger partial charge on any atom is -0.496 e. The molecule has 0 aliphatic carbocycles. The summed E-state index contributed by atoms with van der Waals surface area (Å²) in [5, 5.41) is 2.87. The van der Waals surface area contributed by atoms with Gasteiger partial charge in [-0.05, 0) is 49.6 Å². The summed E-state index contributed by atoms with van der Waals surface area (Å²) in [4.78, 5) is 26.6. The molecular formula is C21H24N2O3. The summed E-state index contributed by atoms with van der Waals surface area (Å²) in [6, 6.07) is 14.6. The Bertz CT molecular complexity index is 765. The average molecular weight is 352 g/mol. The van der Waals surface area contributed by atoms with E-state index in [0.29, 0.717) is 17.0 Å². The normalized spacial score (nSPS) is 14.0. The van der Waals surface area contributed by atoms with Gasteiger partial charge in [0.1, 0.15) is 5.75 Å². The van der Waals surface area contributed by atoms with Crippen molar-refractivity contribution in [3.05, 3.63) is 59.7 Å². The highest BCUT2D eigenvalue weighted by Crippen LogP contribution is 2.19. The predicted molar refractivity (Wildman–Crippen MR) is 102 cm³/mol. The SMILES string of the molecule is COc1ccccc1CC(=O)Nc1ccc(C(=O)N2CCCCC2)cc1. The molecule has 3 rings (SSSR count). The Hall–Kier alpha value is -2.82. The van der Waals surface area contributed by atoms with Crippen LogP contribution in [0.2, 0.25) is 0 Å². The molecule has 5 nitrogen and oxygen atoms in total. The molecule has 1 aliphatic heterocycles. The summed E-state index contributed by atoms with van der Waals surface area (Å²) in [6.07, 6.45) is 3.57. The number of ether oxygens (including phenoxy) is 1. The van der Waals surface area contributed by atoms with Gasteiger partial charge >= 0.3 is 0 Å². The molecule has 1 saturated heterocycles. The molecule has 0 unspecified atom stereocenters. The molecule has 0 aromatic heterocycles. The van der Waals surface area contributed by atoms with Crippen LogP contribution in [0.25, 0.3) is 0 Å². The Labute approximate surface area is 154 Å². The van der Waals surface area contributed by atoms with Crippen molar-refractivity contribution >= 4 is 17.5 Å². The molecule has 0 spiro atoms. The van der Waals surface area contributed by atoms with Gasteiger partial charge in [-0.1, -0.05) is 18.2 Å². The van der Waals surface area contributed by atoms with Gasteiger partial charge in [0, 0.05) is 29.9 Å². The highest BCUT2D eigenvalue weighted by Gasteiger charge is 2.18. The summed E-state index contributed by atoms with van der Waals surface area (Å²) in [5.41, 5.74) is 2.18. The summed E-state index contributed by atoms with van der Waals surface area (Å²) >= 11 is 0. The van der Waals surface area contributed by atoms with Crippen LogP contribution in [-0.2, 0) is 11.2 Å². The average Bonchev–Trinajstić information content (AvgIpc) is 2.69. The Morgan fingerprint density at radius 1 is 1.00 bits per heavy atom. The number of amides is 2. The largest absolute Gasteiger partial charge is 0.496 e. The Morgan fingerprint density at radius 3 is 2.38 bits per heavy atom. The number of hydrogen-bond donors (Lipinski definition) is 1. The highest BCUT2D eigenvalue weighted by molar-refractivity contribution is 5.96. The fourth-order valence-electron chi connectivity index (χ4n) is 3.20. The van der Waals surface area contributed by atoms with E-state index in [1.807, 2.05) is 29.2 Å². The highest BCUT2D eigenvalue weighted by atomic mass is 16.5. The van der Waals surface area contributed by atoms with Gasteiger partial charge in [0.25, 0.3) is 5.91 Å². The number of piperidine rings is 1. The van der Waals surface area contributed by atoms with Crippen LogP contribution < -0.4 is 10.1 Å². The number of nitrogens with one attached hydrogen (secondary N) is 1. The van der Waals surface area contributed by atoms with Crippen molar-refractivity contribution in [3.63, 3.8) is 0 Å². The lowest BCUT2D eigenvalue weighted by Crippen LogP contribution is -2.35. The number of para-hydroxylation sites is 1. The lowest BCUT2D eigenvalue weighted by atomic mass is 10.1. The third-order valence-electron chi connectivity index (χ3n) is 4.60. The molecule has 1 heterocycles. The van der Waals surface area contributed by atoms with Crippen molar-refractivity contribution in [3.8, 4) is 5.75 Å². The number of hydrogen-bond acceptors (Lipinski definition) is 3. The molecule has 0 saturated carbocycles. The van der Waals surface area contributed by atoms with Crippen molar-refractivity contribution in [2.24, 2.45) is 0 Å². The second kappa shape index (κ2) is 8.52. The van der Waals surface area contributed by atoms with Crippen LogP contribution in [0, 0.1) is 0 Å². The molecule has 136 valence electrons. The molecule has 2 aromatic carbocycles. The molecule has 1 N–H and O–H groups in total. The van der Waals surface area contributed by atoms with E-state index in [1.165, 1.54) is 6.42 Å². The topological polar surface area (TPSA) is 58.6 Å². The maximum absolute atomic E-state index is 12.5. The first-order chi connectivity index (χ1) is 12.7. The molecule has 2 aromatic rings. The van der Waals surface area contributed by atoms with Gasteiger partial charge in [0.2, 0.25) is 5.91 Å². The first kappa shape index (κ1) is 18.0. The van der Waals surface area contributed by atoms with E-state index >= 15 is 0 Å². The number of rotatable bonds is 5. The summed E-state index contributed by atoms with van der Waals surface area (Å²) in [7, 11) is 1.59. The van der Waals surface area contributed by atoms with Gasteiger partial charge in [-0.15, -0.1) is 0 Å². The van der Waals surface area contributed by atoms with E-state index in [4.69, 9.17) is 4.74 Å². The quantitative estimate of drug-likeness (QED) is 0.896. The van der Waals surface area contributed by atoms with Gasteiger partial charge < -0.3 is 15.0 Å². The van der Waals surface area contributed by atoms with Gasteiger partial charge in [-0.3, -0.25) is 9.59 Å². The maximum atomic E-state index is 12.5. The Morgan fingerprint density at radius 2 is 1.69 bits per heavy atom. The molecule has 1 aliphatic rings. The summed E-state index contributed by atoms with van der Waals surface area (Å²) < 4.78 is 5.27. The minimum absolute atomic E-state index is 0.0663. The third kappa shape index (κ3) is 4.42. The number of benzene rings is 2. The molecule has 2 amide bonds. The fraction of sp³-hybridized carbons (Fsp3) is 0.333. The predicted octanol–water partition coefficient (Wildman–Crippen LogP) is 3.50. The lowest BCUT2D eigenvalue weighted by Gasteiger charge is -2.26. The van der Waals surface area contributed by atoms with Crippen molar-refractivity contribution < 1.29 is 14.3 Å². The van der Waals surface area contributed by atoms with Gasteiger partial charge in [-0.2, -0.15) is 0 Å². The van der Waals surface area contributed by atoms with Crippen LogP contribution in [0.4, 0.5) is 5.69 Å². The smallest absolute Gasteiger partial charge is 0.253 e. The monoisotopic (exact) mass is 352 g/mol. The van der Waals surface area contributed by atoms with Crippen LogP contribution in [0.5, 0.6) is 5.75 Å². The first-order valence-corrected chi connectivity index (χ1v) is 8.98. The van der Waals surface area contributed by atoms with E-state index in [-0.39, 0.29) is 18.2 Å². The van der Waals surface area contributed by atoms with Crippen LogP contribution >= 0.6 is 0 Å². The second-order valence-electron chi connectivity index (χ2n) is 6.47. The fourth-order valence-corrected chi connectivity index (χ4v) is 3.20. The number of carbonyl (C=O) groups excluding carboxylic acids is 2. The lowest BCUT2D eigenvalue weighted by molar-refractivity contribution is -0.115. The number of carbonyl (C=O) groups is 2. The number of likely N-dealkylation sites (tertiary alicyclic amines) is 1. The van der Waals surface area contributed by atoms with Crippen molar-refractivity contribution in [2.75, 3.05) is 25.5 Å². The minimum atomic E-state index is -0.121. The van der Waals surface area contributed by atoms with Gasteiger partial charge in [0.05, 0.1) is 13.5 Å². The molecular weight excluding hydrogens is 328 g/mol. The van der Waals surface area contributed by atoms with Crippen LogP contribution in [-0.4, -0.2) is 36.9 Å². The van der Waals surface area contributed by atoms with Crippen molar-refractivity contribution in [2.45, 2.75) is 25.7 Å². The molecule has 1 fully saturated rings. The number of anilines is 1. The number of methoxy groups -OCH3 is 1. The van der Waals surface area contributed by atoms with E-state index in [2.05, 4.69) is 5.32 Å². The van der Waals surface area contributed by atoms with Crippen LogP contribution in [0.3, 0.4) is 0 Å². The van der Waals surface area contributed by atoms with Gasteiger partial charge in [-0.25, -0.2) is 0 Å².